The largest absolute Gasteiger partial charge is 0.495 e. The third-order valence-electron chi connectivity index (χ3n) is 5.76. The lowest BCUT2D eigenvalue weighted by atomic mass is 10.1. The predicted octanol–water partition coefficient (Wildman–Crippen LogP) is 3.74. The van der Waals surface area contributed by atoms with Crippen LogP contribution < -0.4 is 10.1 Å². The number of amides is 1. The minimum atomic E-state index is 0.0494. The highest BCUT2D eigenvalue weighted by Gasteiger charge is 2.16. The molecule has 1 amide bonds. The minimum absolute atomic E-state index is 0.0494. The zero-order valence-corrected chi connectivity index (χ0v) is 18.8. The third-order valence-corrected chi connectivity index (χ3v) is 6.05. The van der Waals surface area contributed by atoms with E-state index < -0.39 is 0 Å². The molecule has 0 unspecified atom stereocenters. The van der Waals surface area contributed by atoms with Crippen LogP contribution in [-0.4, -0.2) is 55.5 Å². The van der Waals surface area contributed by atoms with Crippen LogP contribution in [0.2, 0.25) is 5.02 Å². The Hall–Kier alpha value is -2.08. The number of halogens is 1. The second-order valence-corrected chi connectivity index (χ2v) is 8.13. The number of carbonyl (C=O) groups is 1. The summed E-state index contributed by atoms with van der Waals surface area (Å²) in [7, 11) is 1.59. The quantitative estimate of drug-likeness (QED) is 0.659. The van der Waals surface area contributed by atoms with E-state index in [-0.39, 0.29) is 5.91 Å². The van der Waals surface area contributed by atoms with Crippen molar-refractivity contribution in [2.45, 2.75) is 32.9 Å². The molecule has 6 heteroatoms. The fourth-order valence-electron chi connectivity index (χ4n) is 3.79. The van der Waals surface area contributed by atoms with Gasteiger partial charge in [0.2, 0.25) is 5.91 Å². The fourth-order valence-corrected chi connectivity index (χ4v) is 4.07. The van der Waals surface area contributed by atoms with Crippen LogP contribution in [0.3, 0.4) is 0 Å². The van der Waals surface area contributed by atoms with Crippen molar-refractivity contribution in [3.8, 4) is 5.75 Å². The summed E-state index contributed by atoms with van der Waals surface area (Å²) >= 11 is 6.17. The van der Waals surface area contributed by atoms with Gasteiger partial charge < -0.3 is 15.0 Å². The van der Waals surface area contributed by atoms with Gasteiger partial charge in [0.1, 0.15) is 5.75 Å². The Bertz CT molecular complexity index is 835. The molecule has 2 aromatic rings. The summed E-state index contributed by atoms with van der Waals surface area (Å²) in [6, 6.07) is 14.1. The van der Waals surface area contributed by atoms with Crippen LogP contribution in [-0.2, 0) is 24.3 Å². The van der Waals surface area contributed by atoms with Gasteiger partial charge in [0, 0.05) is 45.7 Å². The number of ether oxygens (including phenoxy) is 1. The molecule has 1 N–H and O–H groups in total. The highest BCUT2D eigenvalue weighted by Crippen LogP contribution is 2.25. The van der Waals surface area contributed by atoms with Crippen LogP contribution >= 0.6 is 11.6 Å². The number of likely N-dealkylation sites (N-methyl/N-ethyl adjacent to an activating group) is 1. The summed E-state index contributed by atoms with van der Waals surface area (Å²) in [5.41, 5.74) is 3.52. The predicted molar refractivity (Wildman–Crippen MR) is 122 cm³/mol. The van der Waals surface area contributed by atoms with Gasteiger partial charge in [-0.1, -0.05) is 48.9 Å². The van der Waals surface area contributed by atoms with Crippen LogP contribution in [0, 0.1) is 0 Å². The molecule has 0 spiro atoms. The second-order valence-electron chi connectivity index (χ2n) is 7.72. The summed E-state index contributed by atoms with van der Waals surface area (Å²) in [4.78, 5) is 17.4. The van der Waals surface area contributed by atoms with Gasteiger partial charge in [-0.2, -0.15) is 0 Å². The number of rotatable bonds is 9. The molecule has 0 aliphatic carbocycles. The van der Waals surface area contributed by atoms with Crippen LogP contribution in [0.5, 0.6) is 5.75 Å². The average molecular weight is 430 g/mol. The zero-order valence-electron chi connectivity index (χ0n) is 18.0. The fraction of sp³-hybridized carbons (Fsp3) is 0.458. The van der Waals surface area contributed by atoms with E-state index in [0.717, 1.165) is 44.8 Å². The van der Waals surface area contributed by atoms with E-state index in [0.29, 0.717) is 30.2 Å². The summed E-state index contributed by atoms with van der Waals surface area (Å²) in [6.45, 7) is 9.30. The number of hydrogen-bond acceptors (Lipinski definition) is 4. The molecule has 0 atom stereocenters. The molecular formula is C24H32ClN3O2. The van der Waals surface area contributed by atoms with Gasteiger partial charge in [0.25, 0.3) is 0 Å². The second kappa shape index (κ2) is 11.3. The van der Waals surface area contributed by atoms with Gasteiger partial charge in [0.05, 0.1) is 12.1 Å². The Morgan fingerprint density at radius 2 is 1.77 bits per heavy atom. The van der Waals surface area contributed by atoms with Crippen molar-refractivity contribution in [3.63, 3.8) is 0 Å². The van der Waals surface area contributed by atoms with Crippen molar-refractivity contribution in [1.82, 2.24) is 15.1 Å². The molecule has 162 valence electrons. The number of hydrogen-bond donors (Lipinski definition) is 1. The van der Waals surface area contributed by atoms with Gasteiger partial charge in [-0.05, 0) is 41.8 Å². The Morgan fingerprint density at radius 1 is 1.07 bits per heavy atom. The van der Waals surface area contributed by atoms with Crippen molar-refractivity contribution in [1.29, 1.82) is 0 Å². The highest BCUT2D eigenvalue weighted by molar-refractivity contribution is 6.32. The molecule has 0 radical (unpaired) electrons. The van der Waals surface area contributed by atoms with E-state index in [9.17, 15) is 4.79 Å². The lowest BCUT2D eigenvalue weighted by Crippen LogP contribution is -2.45. The molecule has 1 saturated heterocycles. The normalized spacial score (nSPS) is 15.2. The molecule has 0 aromatic heterocycles. The first-order valence-electron chi connectivity index (χ1n) is 10.7. The Balaban J connectivity index is 1.48. The lowest BCUT2D eigenvalue weighted by molar-refractivity contribution is -0.121. The molecule has 0 saturated carbocycles. The van der Waals surface area contributed by atoms with Crippen molar-refractivity contribution in [2.75, 3.05) is 39.8 Å². The molecule has 1 aliphatic heterocycles. The van der Waals surface area contributed by atoms with Crippen LogP contribution in [0.25, 0.3) is 0 Å². The Morgan fingerprint density at radius 3 is 2.43 bits per heavy atom. The van der Waals surface area contributed by atoms with Gasteiger partial charge >= 0.3 is 0 Å². The molecule has 5 nitrogen and oxygen atoms in total. The van der Waals surface area contributed by atoms with E-state index >= 15 is 0 Å². The maximum absolute atomic E-state index is 12.4. The average Bonchev–Trinajstić information content (AvgIpc) is 2.77. The Labute approximate surface area is 185 Å². The van der Waals surface area contributed by atoms with Crippen LogP contribution in [0.1, 0.15) is 30.0 Å². The number of nitrogens with one attached hydrogen (secondary N) is 1. The van der Waals surface area contributed by atoms with E-state index in [1.165, 1.54) is 11.1 Å². The zero-order chi connectivity index (χ0) is 21.3. The molecule has 30 heavy (non-hydrogen) atoms. The first-order valence-corrected chi connectivity index (χ1v) is 11.1. The number of nitrogens with zero attached hydrogens (tertiary/aromatic N) is 2. The summed E-state index contributed by atoms with van der Waals surface area (Å²) in [5, 5.41) is 3.65. The number of benzene rings is 2. The van der Waals surface area contributed by atoms with Gasteiger partial charge in [0.15, 0.2) is 0 Å². The molecule has 3 rings (SSSR count). The summed E-state index contributed by atoms with van der Waals surface area (Å²) < 4.78 is 5.17. The molecular weight excluding hydrogens is 398 g/mol. The van der Waals surface area contributed by atoms with Crippen molar-refractivity contribution in [3.05, 3.63) is 64.2 Å². The SMILES string of the molecule is CCN1CCN(Cc2ccccc2CNC(=O)CCc2ccc(OC)c(Cl)c2)CC1. The molecule has 1 heterocycles. The number of carbonyl (C=O) groups excluding carboxylic acids is 1. The molecule has 1 aliphatic rings. The molecule has 0 bridgehead atoms. The van der Waals surface area contributed by atoms with Crippen LogP contribution in [0.15, 0.2) is 42.5 Å². The van der Waals surface area contributed by atoms with E-state index in [4.69, 9.17) is 16.3 Å². The molecule has 2 aromatic carbocycles. The maximum atomic E-state index is 12.4. The minimum Gasteiger partial charge on any atom is -0.495 e. The monoisotopic (exact) mass is 429 g/mol. The molecule has 1 fully saturated rings. The Kier molecular flexibility index (Phi) is 8.55. The number of aryl methyl sites for hydroxylation is 1. The van der Waals surface area contributed by atoms with E-state index in [2.05, 4.69) is 40.2 Å². The standard InChI is InChI=1S/C24H32ClN3O2/c1-3-27-12-14-28(15-13-27)18-21-7-5-4-6-20(21)17-26-24(29)11-9-19-8-10-23(30-2)22(25)16-19/h4-8,10,16H,3,9,11-15,17-18H2,1-2H3,(H,26,29). The third kappa shape index (κ3) is 6.46. The summed E-state index contributed by atoms with van der Waals surface area (Å²) in [6.07, 6.45) is 1.09. The van der Waals surface area contributed by atoms with Crippen LogP contribution in [0.4, 0.5) is 0 Å². The van der Waals surface area contributed by atoms with Gasteiger partial charge in [-0.25, -0.2) is 0 Å². The first kappa shape index (κ1) is 22.6. The first-order chi connectivity index (χ1) is 14.6. The number of piperazine rings is 1. The van der Waals surface area contributed by atoms with E-state index in [1.807, 2.05) is 24.3 Å². The van der Waals surface area contributed by atoms with Gasteiger partial charge in [-0.3, -0.25) is 9.69 Å². The lowest BCUT2D eigenvalue weighted by Gasteiger charge is -2.34. The van der Waals surface area contributed by atoms with Crippen molar-refractivity contribution >= 4 is 17.5 Å². The summed E-state index contributed by atoms with van der Waals surface area (Å²) in [5.74, 6) is 0.700. The van der Waals surface area contributed by atoms with Gasteiger partial charge in [-0.15, -0.1) is 0 Å². The van der Waals surface area contributed by atoms with Crippen molar-refractivity contribution < 1.29 is 9.53 Å². The topological polar surface area (TPSA) is 44.8 Å². The van der Waals surface area contributed by atoms with E-state index in [1.54, 1.807) is 7.11 Å². The van der Waals surface area contributed by atoms with Crippen molar-refractivity contribution in [2.24, 2.45) is 0 Å². The maximum Gasteiger partial charge on any atom is 0.220 e. The number of methoxy groups -OCH3 is 1. The highest BCUT2D eigenvalue weighted by atomic mass is 35.5. The smallest absolute Gasteiger partial charge is 0.220 e.